The van der Waals surface area contributed by atoms with Crippen LogP contribution in [0.5, 0.6) is 0 Å². The lowest BCUT2D eigenvalue weighted by Gasteiger charge is -2.35. The van der Waals surface area contributed by atoms with Gasteiger partial charge in [-0.1, -0.05) is 24.3 Å². The summed E-state index contributed by atoms with van der Waals surface area (Å²) in [5, 5.41) is 10.9. The van der Waals surface area contributed by atoms with Gasteiger partial charge in [-0.05, 0) is 38.8 Å². The Morgan fingerprint density at radius 2 is 1.80 bits per heavy atom. The molecular formula is C20H30N4O. The van der Waals surface area contributed by atoms with Crippen molar-refractivity contribution in [1.29, 1.82) is 0 Å². The molecule has 0 spiro atoms. The van der Waals surface area contributed by atoms with Crippen LogP contribution < -0.4 is 5.32 Å². The molecule has 25 heavy (non-hydrogen) atoms. The number of aryl methyl sites for hydroxylation is 2. The molecule has 1 saturated heterocycles. The van der Waals surface area contributed by atoms with Crippen molar-refractivity contribution >= 4 is 0 Å². The van der Waals surface area contributed by atoms with Gasteiger partial charge < -0.3 is 10.1 Å². The zero-order chi connectivity index (χ0) is 17.8. The Bertz CT molecular complexity index is 667. The van der Waals surface area contributed by atoms with Gasteiger partial charge in [0.15, 0.2) is 0 Å². The summed E-state index contributed by atoms with van der Waals surface area (Å²) in [6.07, 6.45) is 0.613. The van der Waals surface area contributed by atoms with Gasteiger partial charge in [-0.15, -0.1) is 0 Å². The number of aromatic nitrogens is 2. The van der Waals surface area contributed by atoms with Crippen LogP contribution in [-0.2, 0) is 24.4 Å². The first kappa shape index (κ1) is 18.1. The highest BCUT2D eigenvalue weighted by Crippen LogP contribution is 2.17. The molecule has 0 aliphatic carbocycles. The average Bonchev–Trinajstić information content (AvgIpc) is 2.87. The molecule has 0 saturated carbocycles. The van der Waals surface area contributed by atoms with Crippen LogP contribution in [0.1, 0.15) is 41.9 Å². The predicted octanol–water partition coefficient (Wildman–Crippen LogP) is 2.93. The smallest absolute Gasteiger partial charge is 0.0678 e. The highest BCUT2D eigenvalue weighted by atomic mass is 16.5. The maximum absolute atomic E-state index is 5.85. The molecule has 1 aliphatic heterocycles. The highest BCUT2D eigenvalue weighted by molar-refractivity contribution is 5.28. The number of benzene rings is 1. The van der Waals surface area contributed by atoms with E-state index in [0.717, 1.165) is 44.1 Å². The fourth-order valence-corrected chi connectivity index (χ4v) is 3.70. The summed E-state index contributed by atoms with van der Waals surface area (Å²) in [4.78, 5) is 2.50. The van der Waals surface area contributed by atoms with Crippen LogP contribution >= 0.6 is 0 Å². The molecule has 1 aromatic carbocycles. The summed E-state index contributed by atoms with van der Waals surface area (Å²) in [5.41, 5.74) is 6.27. The molecule has 2 aromatic rings. The molecule has 1 aromatic heterocycles. The molecule has 136 valence electrons. The van der Waals surface area contributed by atoms with Crippen molar-refractivity contribution in [2.45, 2.75) is 59.5 Å². The Morgan fingerprint density at radius 3 is 2.44 bits per heavy atom. The standard InChI is InChI=1S/C20H30N4O/c1-14-11-24(12-15(2)25-14)13-19-8-6-5-7-18(19)9-21-10-20-16(3)22-23-17(20)4/h5-8,14-15,21H,9-13H2,1-4H3,(H,22,23)/t14-,15+. The van der Waals surface area contributed by atoms with Crippen LogP contribution in [-0.4, -0.2) is 40.4 Å². The Labute approximate surface area is 150 Å². The lowest BCUT2D eigenvalue weighted by molar-refractivity contribution is -0.0705. The summed E-state index contributed by atoms with van der Waals surface area (Å²) in [6, 6.07) is 8.73. The minimum Gasteiger partial charge on any atom is -0.373 e. The van der Waals surface area contributed by atoms with E-state index in [0.29, 0.717) is 12.2 Å². The molecule has 2 atom stereocenters. The zero-order valence-electron chi connectivity index (χ0n) is 15.8. The summed E-state index contributed by atoms with van der Waals surface area (Å²) in [5.74, 6) is 0. The third kappa shape index (κ3) is 4.69. The number of ether oxygens (including phenoxy) is 1. The van der Waals surface area contributed by atoms with Crippen molar-refractivity contribution in [1.82, 2.24) is 20.4 Å². The summed E-state index contributed by atoms with van der Waals surface area (Å²) < 4.78 is 5.85. The summed E-state index contributed by atoms with van der Waals surface area (Å²) in [6.45, 7) is 13.1. The molecule has 0 unspecified atom stereocenters. The van der Waals surface area contributed by atoms with Gasteiger partial charge in [0.25, 0.3) is 0 Å². The van der Waals surface area contributed by atoms with Gasteiger partial charge in [-0.2, -0.15) is 5.10 Å². The molecule has 0 amide bonds. The molecule has 5 nitrogen and oxygen atoms in total. The normalized spacial score (nSPS) is 21.6. The first-order valence-electron chi connectivity index (χ1n) is 9.18. The van der Waals surface area contributed by atoms with Crippen LogP contribution in [0.25, 0.3) is 0 Å². The minimum absolute atomic E-state index is 0.307. The van der Waals surface area contributed by atoms with Crippen molar-refractivity contribution in [3.8, 4) is 0 Å². The summed E-state index contributed by atoms with van der Waals surface area (Å²) in [7, 11) is 0. The Morgan fingerprint density at radius 1 is 1.12 bits per heavy atom. The lowest BCUT2D eigenvalue weighted by atomic mass is 10.1. The third-order valence-corrected chi connectivity index (χ3v) is 4.91. The fourth-order valence-electron chi connectivity index (χ4n) is 3.70. The second-order valence-electron chi connectivity index (χ2n) is 7.24. The van der Waals surface area contributed by atoms with Crippen molar-refractivity contribution in [3.05, 3.63) is 52.3 Å². The van der Waals surface area contributed by atoms with Crippen molar-refractivity contribution in [3.63, 3.8) is 0 Å². The van der Waals surface area contributed by atoms with Crippen LogP contribution in [0.3, 0.4) is 0 Å². The molecule has 0 bridgehead atoms. The van der Waals surface area contributed by atoms with E-state index in [-0.39, 0.29) is 0 Å². The molecule has 0 radical (unpaired) electrons. The molecule has 5 heteroatoms. The first-order valence-corrected chi connectivity index (χ1v) is 9.18. The SMILES string of the molecule is Cc1n[nH]c(C)c1CNCc1ccccc1CN1C[C@@H](C)O[C@@H](C)C1. The van der Waals surface area contributed by atoms with Gasteiger partial charge in [-0.25, -0.2) is 0 Å². The third-order valence-electron chi connectivity index (χ3n) is 4.91. The van der Waals surface area contributed by atoms with E-state index in [4.69, 9.17) is 4.74 Å². The molecular weight excluding hydrogens is 312 g/mol. The van der Waals surface area contributed by atoms with Crippen molar-refractivity contribution in [2.75, 3.05) is 13.1 Å². The number of hydrogen-bond donors (Lipinski definition) is 2. The molecule has 3 rings (SSSR count). The van der Waals surface area contributed by atoms with E-state index in [2.05, 4.69) is 72.4 Å². The predicted molar refractivity (Wildman–Crippen MR) is 100 cm³/mol. The minimum atomic E-state index is 0.307. The number of nitrogens with zero attached hydrogens (tertiary/aromatic N) is 2. The van der Waals surface area contributed by atoms with E-state index in [9.17, 15) is 0 Å². The molecule has 1 fully saturated rings. The topological polar surface area (TPSA) is 53.2 Å². The first-order chi connectivity index (χ1) is 12.0. The lowest BCUT2D eigenvalue weighted by Crippen LogP contribution is -2.45. The van der Waals surface area contributed by atoms with Gasteiger partial charge >= 0.3 is 0 Å². The van der Waals surface area contributed by atoms with Crippen LogP contribution in [0, 0.1) is 13.8 Å². The number of rotatable bonds is 6. The molecule has 2 N–H and O–H groups in total. The van der Waals surface area contributed by atoms with E-state index in [1.807, 2.05) is 0 Å². The second kappa shape index (κ2) is 8.13. The zero-order valence-corrected chi connectivity index (χ0v) is 15.8. The highest BCUT2D eigenvalue weighted by Gasteiger charge is 2.22. The van der Waals surface area contributed by atoms with Crippen LogP contribution in [0.4, 0.5) is 0 Å². The Kier molecular flexibility index (Phi) is 5.89. The van der Waals surface area contributed by atoms with E-state index in [1.165, 1.54) is 16.7 Å². The Hall–Kier alpha value is -1.69. The van der Waals surface area contributed by atoms with Gasteiger partial charge in [0, 0.05) is 44.0 Å². The van der Waals surface area contributed by atoms with Gasteiger partial charge in [0.2, 0.25) is 0 Å². The largest absolute Gasteiger partial charge is 0.373 e. The van der Waals surface area contributed by atoms with Crippen LogP contribution in [0.2, 0.25) is 0 Å². The van der Waals surface area contributed by atoms with Crippen molar-refractivity contribution < 1.29 is 4.74 Å². The number of hydrogen-bond acceptors (Lipinski definition) is 4. The fraction of sp³-hybridized carbons (Fsp3) is 0.550. The van der Waals surface area contributed by atoms with Crippen LogP contribution in [0.15, 0.2) is 24.3 Å². The quantitative estimate of drug-likeness (QED) is 0.847. The van der Waals surface area contributed by atoms with Gasteiger partial charge in [0.1, 0.15) is 0 Å². The monoisotopic (exact) mass is 342 g/mol. The second-order valence-corrected chi connectivity index (χ2v) is 7.24. The molecule has 2 heterocycles. The van der Waals surface area contributed by atoms with Gasteiger partial charge in [0.05, 0.1) is 17.9 Å². The summed E-state index contributed by atoms with van der Waals surface area (Å²) >= 11 is 0. The van der Waals surface area contributed by atoms with Gasteiger partial charge in [-0.3, -0.25) is 10.00 Å². The molecule has 1 aliphatic rings. The number of H-pyrrole nitrogens is 1. The number of aromatic amines is 1. The van der Waals surface area contributed by atoms with E-state index >= 15 is 0 Å². The number of morpholine rings is 1. The maximum atomic E-state index is 5.85. The van der Waals surface area contributed by atoms with Crippen molar-refractivity contribution in [2.24, 2.45) is 0 Å². The van der Waals surface area contributed by atoms with E-state index < -0.39 is 0 Å². The maximum Gasteiger partial charge on any atom is 0.0678 e. The van der Waals surface area contributed by atoms with E-state index in [1.54, 1.807) is 0 Å². The Balaban J connectivity index is 1.61. The average molecular weight is 342 g/mol. The number of nitrogens with one attached hydrogen (secondary N) is 2.